The van der Waals surface area contributed by atoms with E-state index in [1.165, 1.54) is 0 Å². The van der Waals surface area contributed by atoms with Crippen LogP contribution < -0.4 is 11.1 Å². The van der Waals surface area contributed by atoms with Crippen LogP contribution in [0.1, 0.15) is 18.4 Å². The van der Waals surface area contributed by atoms with Crippen molar-refractivity contribution >= 4 is 5.91 Å². The van der Waals surface area contributed by atoms with Gasteiger partial charge in [0.15, 0.2) is 0 Å². The first-order chi connectivity index (χ1) is 7.74. The number of benzene rings is 1. The molecule has 4 N–H and O–H groups in total. The maximum absolute atomic E-state index is 11.5. The SMILES string of the molecule is NCCCCNC(=O)Cc1ccccc1O. The number of phenolic OH excluding ortho intramolecular Hbond substituents is 1. The number of carbonyl (C=O) groups is 1. The number of aromatic hydroxyl groups is 1. The molecule has 0 aliphatic rings. The van der Waals surface area contributed by atoms with E-state index < -0.39 is 0 Å². The number of phenols is 1. The van der Waals surface area contributed by atoms with E-state index in [4.69, 9.17) is 5.73 Å². The van der Waals surface area contributed by atoms with Crippen molar-refractivity contribution in [1.29, 1.82) is 0 Å². The number of para-hydroxylation sites is 1. The summed E-state index contributed by atoms with van der Waals surface area (Å²) in [5.74, 6) is 0.0955. The Hall–Kier alpha value is -1.55. The zero-order valence-corrected chi connectivity index (χ0v) is 9.28. The zero-order chi connectivity index (χ0) is 11.8. The Morgan fingerprint density at radius 1 is 1.31 bits per heavy atom. The lowest BCUT2D eigenvalue weighted by molar-refractivity contribution is -0.120. The number of carbonyl (C=O) groups excluding carboxylic acids is 1. The number of hydrogen-bond donors (Lipinski definition) is 3. The molecular weight excluding hydrogens is 204 g/mol. The van der Waals surface area contributed by atoms with Gasteiger partial charge in [-0.15, -0.1) is 0 Å². The van der Waals surface area contributed by atoms with Gasteiger partial charge in [-0.1, -0.05) is 18.2 Å². The van der Waals surface area contributed by atoms with Crippen LogP contribution in [-0.2, 0) is 11.2 Å². The molecule has 88 valence electrons. The largest absolute Gasteiger partial charge is 0.508 e. The molecule has 0 aromatic heterocycles. The molecule has 0 aliphatic carbocycles. The maximum Gasteiger partial charge on any atom is 0.224 e. The summed E-state index contributed by atoms with van der Waals surface area (Å²) in [6, 6.07) is 6.86. The van der Waals surface area contributed by atoms with Crippen molar-refractivity contribution in [3.8, 4) is 5.75 Å². The van der Waals surface area contributed by atoms with Crippen LogP contribution in [0, 0.1) is 0 Å². The Labute approximate surface area is 95.5 Å². The number of nitrogens with two attached hydrogens (primary N) is 1. The molecule has 0 radical (unpaired) electrons. The zero-order valence-electron chi connectivity index (χ0n) is 9.28. The van der Waals surface area contributed by atoms with Crippen LogP contribution in [0.5, 0.6) is 5.75 Å². The minimum absolute atomic E-state index is 0.0708. The van der Waals surface area contributed by atoms with Crippen molar-refractivity contribution in [3.63, 3.8) is 0 Å². The van der Waals surface area contributed by atoms with Gasteiger partial charge in [0.25, 0.3) is 0 Å². The van der Waals surface area contributed by atoms with Gasteiger partial charge in [0.05, 0.1) is 6.42 Å². The first-order valence-electron chi connectivity index (χ1n) is 5.47. The minimum Gasteiger partial charge on any atom is -0.508 e. The second-order valence-electron chi connectivity index (χ2n) is 3.65. The molecule has 4 heteroatoms. The molecule has 1 aromatic carbocycles. The van der Waals surface area contributed by atoms with E-state index >= 15 is 0 Å². The molecule has 16 heavy (non-hydrogen) atoms. The van der Waals surface area contributed by atoms with Crippen LogP contribution in [-0.4, -0.2) is 24.1 Å². The molecule has 1 aromatic rings. The summed E-state index contributed by atoms with van der Waals surface area (Å²) >= 11 is 0. The summed E-state index contributed by atoms with van der Waals surface area (Å²) in [5, 5.41) is 12.3. The molecule has 0 saturated heterocycles. The van der Waals surface area contributed by atoms with Crippen molar-refractivity contribution in [1.82, 2.24) is 5.32 Å². The Kier molecular flexibility index (Phi) is 5.36. The van der Waals surface area contributed by atoms with Crippen LogP contribution in [0.2, 0.25) is 0 Å². The summed E-state index contributed by atoms with van der Waals surface area (Å²) in [5.41, 5.74) is 5.99. The van der Waals surface area contributed by atoms with Gasteiger partial charge in [0.2, 0.25) is 5.91 Å². The van der Waals surface area contributed by atoms with Crippen molar-refractivity contribution in [2.75, 3.05) is 13.1 Å². The Bertz CT molecular complexity index is 340. The van der Waals surface area contributed by atoms with Gasteiger partial charge >= 0.3 is 0 Å². The monoisotopic (exact) mass is 222 g/mol. The fourth-order valence-electron chi connectivity index (χ4n) is 1.39. The molecule has 4 nitrogen and oxygen atoms in total. The predicted molar refractivity (Wildman–Crippen MR) is 63.1 cm³/mol. The first-order valence-corrected chi connectivity index (χ1v) is 5.47. The first kappa shape index (κ1) is 12.5. The second kappa shape index (κ2) is 6.85. The van der Waals surface area contributed by atoms with Gasteiger partial charge < -0.3 is 16.2 Å². The van der Waals surface area contributed by atoms with Gasteiger partial charge in [-0.25, -0.2) is 0 Å². The third-order valence-corrected chi connectivity index (χ3v) is 2.30. The summed E-state index contributed by atoms with van der Waals surface area (Å²) < 4.78 is 0. The van der Waals surface area contributed by atoms with Gasteiger partial charge in [0.1, 0.15) is 5.75 Å². The molecule has 0 spiro atoms. The second-order valence-corrected chi connectivity index (χ2v) is 3.65. The predicted octanol–water partition coefficient (Wildman–Crippen LogP) is 0.790. The van der Waals surface area contributed by atoms with Gasteiger partial charge in [-0.05, 0) is 25.5 Å². The summed E-state index contributed by atoms with van der Waals surface area (Å²) in [6.45, 7) is 1.29. The summed E-state index contributed by atoms with van der Waals surface area (Å²) in [7, 11) is 0. The van der Waals surface area contributed by atoms with E-state index in [0.29, 0.717) is 18.7 Å². The number of unbranched alkanes of at least 4 members (excludes halogenated alkanes) is 1. The van der Waals surface area contributed by atoms with Crippen molar-refractivity contribution < 1.29 is 9.90 Å². The molecule has 1 amide bonds. The lowest BCUT2D eigenvalue weighted by Gasteiger charge is -2.06. The van der Waals surface area contributed by atoms with Crippen LogP contribution in [0.4, 0.5) is 0 Å². The fourth-order valence-corrected chi connectivity index (χ4v) is 1.39. The van der Waals surface area contributed by atoms with E-state index in [9.17, 15) is 9.90 Å². The molecule has 0 fully saturated rings. The number of amides is 1. The molecule has 0 atom stereocenters. The third-order valence-electron chi connectivity index (χ3n) is 2.30. The van der Waals surface area contributed by atoms with E-state index in [1.807, 2.05) is 0 Å². The van der Waals surface area contributed by atoms with Gasteiger partial charge in [-0.2, -0.15) is 0 Å². The Balaban J connectivity index is 2.32. The Morgan fingerprint density at radius 2 is 2.06 bits per heavy atom. The van der Waals surface area contributed by atoms with Gasteiger partial charge in [-0.3, -0.25) is 4.79 Å². The summed E-state index contributed by atoms with van der Waals surface area (Å²) in [4.78, 5) is 11.5. The molecule has 1 rings (SSSR count). The van der Waals surface area contributed by atoms with E-state index in [0.717, 1.165) is 12.8 Å². The smallest absolute Gasteiger partial charge is 0.224 e. The molecule has 0 saturated carbocycles. The average Bonchev–Trinajstić information content (AvgIpc) is 2.28. The van der Waals surface area contributed by atoms with E-state index in [2.05, 4.69) is 5.32 Å². The molecule has 0 heterocycles. The lowest BCUT2D eigenvalue weighted by atomic mass is 10.1. The quantitative estimate of drug-likeness (QED) is 0.623. The third kappa shape index (κ3) is 4.31. The maximum atomic E-state index is 11.5. The number of nitrogens with one attached hydrogen (secondary N) is 1. The molecule has 0 unspecified atom stereocenters. The number of hydrogen-bond acceptors (Lipinski definition) is 3. The van der Waals surface area contributed by atoms with Gasteiger partial charge in [0, 0.05) is 12.1 Å². The van der Waals surface area contributed by atoms with Crippen LogP contribution in [0.25, 0.3) is 0 Å². The van der Waals surface area contributed by atoms with Crippen LogP contribution in [0.15, 0.2) is 24.3 Å². The normalized spacial score (nSPS) is 10.1. The highest BCUT2D eigenvalue weighted by molar-refractivity contribution is 5.79. The van der Waals surface area contributed by atoms with Crippen molar-refractivity contribution in [2.24, 2.45) is 5.73 Å². The topological polar surface area (TPSA) is 75.3 Å². The van der Waals surface area contributed by atoms with Crippen molar-refractivity contribution in [2.45, 2.75) is 19.3 Å². The lowest BCUT2D eigenvalue weighted by Crippen LogP contribution is -2.26. The fraction of sp³-hybridized carbons (Fsp3) is 0.417. The van der Waals surface area contributed by atoms with E-state index in [-0.39, 0.29) is 18.1 Å². The average molecular weight is 222 g/mol. The molecule has 0 bridgehead atoms. The highest BCUT2D eigenvalue weighted by Crippen LogP contribution is 2.15. The van der Waals surface area contributed by atoms with Crippen LogP contribution >= 0.6 is 0 Å². The molecular formula is C12H18N2O2. The summed E-state index contributed by atoms with van der Waals surface area (Å²) in [6.07, 6.45) is 2.02. The number of rotatable bonds is 6. The highest BCUT2D eigenvalue weighted by Gasteiger charge is 2.05. The van der Waals surface area contributed by atoms with E-state index in [1.54, 1.807) is 24.3 Å². The standard InChI is InChI=1S/C12H18N2O2/c13-7-3-4-8-14-12(16)9-10-5-1-2-6-11(10)15/h1-2,5-6,15H,3-4,7-9,13H2,(H,14,16). The van der Waals surface area contributed by atoms with Crippen LogP contribution in [0.3, 0.4) is 0 Å². The van der Waals surface area contributed by atoms with Crippen molar-refractivity contribution in [3.05, 3.63) is 29.8 Å². The minimum atomic E-state index is -0.0708. The molecule has 0 aliphatic heterocycles. The highest BCUT2D eigenvalue weighted by atomic mass is 16.3. The Morgan fingerprint density at radius 3 is 2.75 bits per heavy atom.